The van der Waals surface area contributed by atoms with Crippen molar-refractivity contribution >= 4 is 12.1 Å². The average Bonchev–Trinajstić information content (AvgIpc) is 2.85. The summed E-state index contributed by atoms with van der Waals surface area (Å²) in [5, 5.41) is 24.0. The van der Waals surface area contributed by atoms with Gasteiger partial charge < -0.3 is 10.5 Å². The predicted molar refractivity (Wildman–Crippen MR) is 121 cm³/mol. The fourth-order valence-electron chi connectivity index (χ4n) is 3.97. The van der Waals surface area contributed by atoms with Crippen molar-refractivity contribution in [1.29, 1.82) is 5.41 Å². The molecule has 6 nitrogen and oxygen atoms in total. The van der Waals surface area contributed by atoms with Gasteiger partial charge in [0, 0.05) is 34.6 Å². The van der Waals surface area contributed by atoms with Crippen molar-refractivity contribution in [3.8, 4) is 0 Å². The number of rotatable bonds is 4. The number of nitrogens with one attached hydrogen (secondary N) is 2. The molecule has 6 heteroatoms. The second-order valence-electron chi connectivity index (χ2n) is 9.81. The van der Waals surface area contributed by atoms with Crippen LogP contribution in [0.25, 0.3) is 0 Å². The van der Waals surface area contributed by atoms with Crippen LogP contribution in [0.2, 0.25) is 0 Å². The number of benzene rings is 1. The minimum atomic E-state index is -0.444. The third-order valence-corrected chi connectivity index (χ3v) is 5.17. The second kappa shape index (κ2) is 8.09. The number of hydrogen-bond donors (Lipinski definition) is 2. The van der Waals surface area contributed by atoms with Gasteiger partial charge in [-0.25, -0.2) is 0 Å². The number of hydroxylamine groups is 1. The summed E-state index contributed by atoms with van der Waals surface area (Å²) in [4.78, 5) is 4.42. The van der Waals surface area contributed by atoms with Gasteiger partial charge in [-0.05, 0) is 80.0 Å². The van der Waals surface area contributed by atoms with E-state index in [4.69, 9.17) is 5.41 Å². The van der Waals surface area contributed by atoms with Gasteiger partial charge >= 0.3 is 6.29 Å². The van der Waals surface area contributed by atoms with Crippen LogP contribution in [-0.4, -0.2) is 44.0 Å². The van der Waals surface area contributed by atoms with Gasteiger partial charge in [0.2, 0.25) is 0 Å². The number of hydrogen-bond acceptors (Lipinski definition) is 4. The first-order valence-electron chi connectivity index (χ1n) is 10.2. The minimum Gasteiger partial charge on any atom is -0.621 e. The van der Waals surface area contributed by atoms with Crippen molar-refractivity contribution in [1.82, 2.24) is 15.1 Å². The Morgan fingerprint density at radius 3 is 2.07 bits per heavy atom. The predicted octanol–water partition coefficient (Wildman–Crippen LogP) is 4.45. The monoisotopic (exact) mass is 399 g/mol. The smallest absolute Gasteiger partial charge is 0.322 e. The van der Waals surface area contributed by atoms with Crippen LogP contribution in [0.3, 0.4) is 0 Å². The molecule has 0 aliphatic carbocycles. The average molecular weight is 400 g/mol. The summed E-state index contributed by atoms with van der Waals surface area (Å²) in [6.45, 7) is 19.3. The zero-order chi connectivity index (χ0) is 22.1. The normalized spacial score (nSPS) is 16.7. The maximum atomic E-state index is 13.5. The number of amidine groups is 1. The minimum absolute atomic E-state index is 0.195. The van der Waals surface area contributed by atoms with E-state index in [-0.39, 0.29) is 11.1 Å². The third-order valence-electron chi connectivity index (χ3n) is 5.17. The number of allylic oxidation sites excluding steroid dienone is 2. The molecule has 0 radical (unpaired) electrons. The molecule has 1 aliphatic heterocycles. The largest absolute Gasteiger partial charge is 0.621 e. The molecule has 0 amide bonds. The lowest BCUT2D eigenvalue weighted by atomic mass is 10.0. The first kappa shape index (κ1) is 22.8. The molecular formula is C23H37N5O. The molecule has 0 spiro atoms. The highest BCUT2D eigenvalue weighted by molar-refractivity contribution is 5.77. The van der Waals surface area contributed by atoms with Gasteiger partial charge in [-0.1, -0.05) is 12.1 Å². The highest BCUT2D eigenvalue weighted by atomic mass is 16.5. The zero-order valence-electron chi connectivity index (χ0n) is 19.4. The maximum absolute atomic E-state index is 13.5. The molecule has 0 fully saturated rings. The second-order valence-corrected chi connectivity index (χ2v) is 9.81. The Labute approximate surface area is 176 Å². The van der Waals surface area contributed by atoms with E-state index >= 15 is 0 Å². The lowest BCUT2D eigenvalue weighted by molar-refractivity contribution is -0.556. The van der Waals surface area contributed by atoms with Crippen LogP contribution >= 0.6 is 0 Å². The van der Waals surface area contributed by atoms with Gasteiger partial charge in [0.05, 0.1) is 5.84 Å². The molecule has 0 saturated heterocycles. The maximum Gasteiger partial charge on any atom is 0.322 e. The van der Waals surface area contributed by atoms with Crippen LogP contribution in [0.4, 0.5) is 0 Å². The van der Waals surface area contributed by atoms with Gasteiger partial charge in [-0.2, -0.15) is 4.74 Å². The van der Waals surface area contributed by atoms with Crippen molar-refractivity contribution in [2.75, 3.05) is 0 Å². The highest BCUT2D eigenvalue weighted by Gasteiger charge is 2.48. The lowest BCUT2D eigenvalue weighted by Gasteiger charge is -2.43. The van der Waals surface area contributed by atoms with E-state index < -0.39 is 6.29 Å². The summed E-state index contributed by atoms with van der Waals surface area (Å²) in [5.41, 5.74) is 3.76. The van der Waals surface area contributed by atoms with Crippen molar-refractivity contribution in [3.05, 3.63) is 52.0 Å². The van der Waals surface area contributed by atoms with E-state index in [2.05, 4.69) is 70.5 Å². The summed E-state index contributed by atoms with van der Waals surface area (Å²) in [6.07, 6.45) is 1.23. The molecule has 0 saturated carbocycles. The fourth-order valence-corrected chi connectivity index (χ4v) is 3.97. The quantitative estimate of drug-likeness (QED) is 0.258. The van der Waals surface area contributed by atoms with Crippen LogP contribution in [0.1, 0.15) is 73.4 Å². The SMILES string of the molecule is CC(=N)NCc1cccc(/C=[N+](\[O-])C2N(C(C)(C)C)C(C)=C(C)N2C(C)(C)C)c1. The lowest BCUT2D eigenvalue weighted by Crippen LogP contribution is -2.58. The van der Waals surface area contributed by atoms with E-state index in [1.165, 1.54) is 0 Å². The van der Waals surface area contributed by atoms with Crippen LogP contribution in [0.5, 0.6) is 0 Å². The van der Waals surface area contributed by atoms with Crippen molar-refractivity contribution < 1.29 is 4.74 Å². The summed E-state index contributed by atoms with van der Waals surface area (Å²) in [6, 6.07) is 7.88. The molecule has 0 bridgehead atoms. The Bertz CT molecular complexity index is 796. The summed E-state index contributed by atoms with van der Waals surface area (Å²) in [5.74, 6) is 0.425. The third kappa shape index (κ3) is 5.11. The van der Waals surface area contributed by atoms with Gasteiger partial charge in [0.1, 0.15) is 0 Å². The standard InChI is InChI=1S/C23H37N5O/c1-16-17(2)28(23(7,8)9)21(27(16)22(4,5)6)26(29)15-20-12-10-11-19(13-20)14-25-18(3)24/h10-13,15,21H,14H2,1-9H3,(H2,24,25)/b26-15-. The molecule has 29 heavy (non-hydrogen) atoms. The summed E-state index contributed by atoms with van der Waals surface area (Å²) < 4.78 is 1.07. The molecule has 0 unspecified atom stereocenters. The molecule has 1 aliphatic rings. The first-order chi connectivity index (χ1) is 13.2. The molecular weight excluding hydrogens is 362 g/mol. The molecule has 2 rings (SSSR count). The van der Waals surface area contributed by atoms with Gasteiger partial charge in [-0.3, -0.25) is 15.2 Å². The van der Waals surface area contributed by atoms with Crippen molar-refractivity contribution in [3.63, 3.8) is 0 Å². The Balaban J connectivity index is 2.46. The summed E-state index contributed by atoms with van der Waals surface area (Å²) >= 11 is 0. The molecule has 160 valence electrons. The van der Waals surface area contributed by atoms with Gasteiger partial charge in [0.15, 0.2) is 6.21 Å². The highest BCUT2D eigenvalue weighted by Crippen LogP contribution is 2.39. The van der Waals surface area contributed by atoms with Crippen molar-refractivity contribution in [2.24, 2.45) is 0 Å². The molecule has 1 aromatic carbocycles. The van der Waals surface area contributed by atoms with Crippen LogP contribution in [0, 0.1) is 10.6 Å². The molecule has 0 aromatic heterocycles. The van der Waals surface area contributed by atoms with E-state index in [9.17, 15) is 5.21 Å². The van der Waals surface area contributed by atoms with Gasteiger partial charge in [-0.15, -0.1) is 0 Å². The van der Waals surface area contributed by atoms with Crippen LogP contribution in [0.15, 0.2) is 35.7 Å². The summed E-state index contributed by atoms with van der Waals surface area (Å²) in [7, 11) is 0. The Morgan fingerprint density at radius 2 is 1.62 bits per heavy atom. The Kier molecular flexibility index (Phi) is 6.36. The molecule has 1 aromatic rings. The Morgan fingerprint density at radius 1 is 1.10 bits per heavy atom. The van der Waals surface area contributed by atoms with E-state index in [1.807, 2.05) is 24.3 Å². The molecule has 0 atom stereocenters. The first-order valence-corrected chi connectivity index (χ1v) is 10.2. The molecule has 2 N–H and O–H groups in total. The zero-order valence-corrected chi connectivity index (χ0v) is 19.4. The van der Waals surface area contributed by atoms with E-state index in [0.717, 1.165) is 27.3 Å². The van der Waals surface area contributed by atoms with Crippen LogP contribution < -0.4 is 5.32 Å². The molecule has 1 heterocycles. The Hall–Kier alpha value is -2.50. The van der Waals surface area contributed by atoms with Crippen LogP contribution in [-0.2, 0) is 6.54 Å². The topological polar surface area (TPSA) is 68.4 Å². The van der Waals surface area contributed by atoms with Gasteiger partial charge in [0.25, 0.3) is 0 Å². The van der Waals surface area contributed by atoms with E-state index in [0.29, 0.717) is 12.4 Å². The van der Waals surface area contributed by atoms with E-state index in [1.54, 1.807) is 13.1 Å². The fraction of sp³-hybridized carbons (Fsp3) is 0.565. The van der Waals surface area contributed by atoms with Crippen molar-refractivity contribution in [2.45, 2.75) is 86.2 Å². The number of nitrogens with zero attached hydrogens (tertiary/aromatic N) is 3.